The SMILES string of the molecule is Cc1cc2c(cc1N1c3cc4c(oc5ccccc54)c(-c4c(Nc5ccc6c(c5)C(C)(C)CCC6(C)C)ccc5c4sc4cc6c(cc45)C(C)(C)CCC6(C)C)c3Bc3c1sc1cc4c(cc31)C(C)(C)CCC4(C)C)C(C)(C)CCC2(C)C. The summed E-state index contributed by atoms with van der Waals surface area (Å²) in [6.07, 6.45) is 9.44. The molecule has 3 nitrogen and oxygen atoms in total. The number of nitrogens with one attached hydrogen (secondary N) is 1. The number of nitrogens with zero attached hydrogens (tertiary/aromatic N) is 1. The van der Waals surface area contributed by atoms with Crippen LogP contribution < -0.4 is 21.1 Å². The number of hydrogen-bond donors (Lipinski definition) is 1. The molecular weight excluding hydrogens is 1040 g/mol. The van der Waals surface area contributed by atoms with Gasteiger partial charge in [-0.1, -0.05) is 147 Å². The first-order chi connectivity index (χ1) is 38.9. The fraction of sp³-hybridized carbons (Fsp3) is 0.429. The first-order valence-electron chi connectivity index (χ1n) is 31.4. The topological polar surface area (TPSA) is 28.4 Å². The van der Waals surface area contributed by atoms with Crippen LogP contribution in [0.25, 0.3) is 63.3 Å². The van der Waals surface area contributed by atoms with Crippen molar-refractivity contribution in [3.8, 4) is 11.1 Å². The van der Waals surface area contributed by atoms with Crippen LogP contribution in [0, 0.1) is 6.92 Å². The van der Waals surface area contributed by atoms with Gasteiger partial charge in [-0.15, -0.1) is 22.7 Å². The van der Waals surface area contributed by atoms with E-state index in [-0.39, 0.29) is 43.3 Å². The van der Waals surface area contributed by atoms with E-state index in [0.29, 0.717) is 0 Å². The van der Waals surface area contributed by atoms with Crippen LogP contribution in [0.5, 0.6) is 0 Å². The Bertz CT molecular complexity index is 4480. The van der Waals surface area contributed by atoms with E-state index in [4.69, 9.17) is 4.42 Å². The smallest absolute Gasteiger partial charge is 0.200 e. The number of benzene rings is 7. The molecule has 10 aromatic rings. The molecule has 0 atom stereocenters. The number of hydrogen-bond acceptors (Lipinski definition) is 5. The minimum atomic E-state index is 0.0314. The molecule has 3 aromatic heterocycles. The number of rotatable bonds is 4. The van der Waals surface area contributed by atoms with Crippen LogP contribution in [0.4, 0.5) is 27.8 Å². The third kappa shape index (κ3) is 7.84. The molecule has 5 aliphatic rings. The van der Waals surface area contributed by atoms with Crippen molar-refractivity contribution in [2.75, 3.05) is 10.2 Å². The van der Waals surface area contributed by atoms with E-state index in [2.05, 4.69) is 225 Å². The third-order valence-electron chi connectivity index (χ3n) is 22.7. The summed E-state index contributed by atoms with van der Waals surface area (Å²) in [5.74, 6) is 0. The van der Waals surface area contributed by atoms with E-state index in [0.717, 1.165) is 41.6 Å². The molecule has 0 saturated carbocycles. The highest BCUT2D eigenvalue weighted by molar-refractivity contribution is 7.26. The average molecular weight is 1130 g/mol. The van der Waals surface area contributed by atoms with Gasteiger partial charge in [0, 0.05) is 63.8 Å². The minimum Gasteiger partial charge on any atom is -0.455 e. The molecular formula is C77H85BN2OS2. The van der Waals surface area contributed by atoms with E-state index in [1.807, 2.05) is 22.7 Å². The van der Waals surface area contributed by atoms with E-state index >= 15 is 0 Å². The summed E-state index contributed by atoms with van der Waals surface area (Å²) >= 11 is 4.02. The Labute approximate surface area is 502 Å². The molecule has 424 valence electrons. The van der Waals surface area contributed by atoms with E-state index in [9.17, 15) is 0 Å². The van der Waals surface area contributed by atoms with Gasteiger partial charge in [0.15, 0.2) is 0 Å². The second kappa shape index (κ2) is 17.2. The molecule has 0 amide bonds. The maximum atomic E-state index is 7.52. The van der Waals surface area contributed by atoms with Gasteiger partial charge in [-0.3, -0.25) is 0 Å². The molecule has 1 N–H and O–H groups in total. The molecule has 0 radical (unpaired) electrons. The molecule has 15 rings (SSSR count). The fourth-order valence-corrected chi connectivity index (χ4v) is 19.2. The van der Waals surface area contributed by atoms with Crippen molar-refractivity contribution in [3.63, 3.8) is 0 Å². The number of anilines is 5. The van der Waals surface area contributed by atoms with E-state index in [1.54, 1.807) is 0 Å². The minimum absolute atomic E-state index is 0.0314. The zero-order chi connectivity index (χ0) is 58.2. The summed E-state index contributed by atoms with van der Waals surface area (Å²) in [5.41, 5.74) is 25.9. The zero-order valence-corrected chi connectivity index (χ0v) is 54.4. The lowest BCUT2D eigenvalue weighted by molar-refractivity contribution is 0.332. The fourth-order valence-electron chi connectivity index (χ4n) is 16.6. The summed E-state index contributed by atoms with van der Waals surface area (Å²) in [7, 11) is 0.786. The normalized spacial score (nSPS) is 20.8. The Morgan fingerprint density at radius 1 is 0.422 bits per heavy atom. The van der Waals surface area contributed by atoms with Gasteiger partial charge in [0.2, 0.25) is 7.28 Å². The van der Waals surface area contributed by atoms with Crippen LogP contribution in [0.1, 0.15) is 212 Å². The lowest BCUT2D eigenvalue weighted by Crippen LogP contribution is -2.41. The molecule has 0 spiro atoms. The molecule has 0 unspecified atom stereocenters. The van der Waals surface area contributed by atoms with Crippen LogP contribution in [0.2, 0.25) is 0 Å². The Kier molecular flexibility index (Phi) is 11.2. The van der Waals surface area contributed by atoms with E-state index in [1.165, 1.54) is 169 Å². The van der Waals surface area contributed by atoms with Crippen LogP contribution in [-0.2, 0) is 43.3 Å². The summed E-state index contributed by atoms with van der Waals surface area (Å²) in [4.78, 5) is 2.76. The molecule has 1 aliphatic heterocycles. The molecule has 6 heteroatoms. The highest BCUT2D eigenvalue weighted by atomic mass is 32.1. The number of aryl methyl sites for hydroxylation is 1. The van der Waals surface area contributed by atoms with Gasteiger partial charge in [0.05, 0.1) is 10.7 Å². The number of para-hydroxylation sites is 1. The molecule has 7 aromatic carbocycles. The molecule has 0 bridgehead atoms. The van der Waals surface area contributed by atoms with Gasteiger partial charge in [0.1, 0.15) is 11.2 Å². The highest BCUT2D eigenvalue weighted by Gasteiger charge is 2.44. The standard InChI is InChI=1S/C77H85BN2OS2/c1-42-34-50-54(75(12,13)31-28-71(50,4)5)39-58(42)80-59-38-47-44-20-18-19-21-60(44)81-67(47)64(66(59)78-65-48-37-53-56(41-62(48)83-69(65)80)77(16,17)33-30-74(53,10)11)63-57(79-43-22-24-49-51(35-43)72(6,7)27-26-70(49,2)3)25-23-45-46-36-52-55(40-61(46)82-68(45)63)76(14,15)32-29-73(52,8)9/h18-25,34-41,78-79H,26-33H2,1-17H3. The predicted molar refractivity (Wildman–Crippen MR) is 364 cm³/mol. The summed E-state index contributed by atoms with van der Waals surface area (Å²) in [6.45, 7) is 42.0. The van der Waals surface area contributed by atoms with Gasteiger partial charge < -0.3 is 14.6 Å². The highest BCUT2D eigenvalue weighted by Crippen LogP contribution is 2.57. The lowest BCUT2D eigenvalue weighted by Gasteiger charge is -2.43. The van der Waals surface area contributed by atoms with Gasteiger partial charge >= 0.3 is 0 Å². The van der Waals surface area contributed by atoms with Gasteiger partial charge in [-0.05, 0) is 229 Å². The summed E-state index contributed by atoms with van der Waals surface area (Å²) in [6, 6.07) is 39.3. The van der Waals surface area contributed by atoms with E-state index < -0.39 is 0 Å². The van der Waals surface area contributed by atoms with Gasteiger partial charge in [-0.2, -0.15) is 0 Å². The van der Waals surface area contributed by atoms with Crippen molar-refractivity contribution in [1.29, 1.82) is 0 Å². The zero-order valence-electron chi connectivity index (χ0n) is 52.8. The monoisotopic (exact) mass is 1130 g/mol. The first kappa shape index (κ1) is 53.9. The number of furan rings is 1. The maximum absolute atomic E-state index is 7.52. The van der Waals surface area contributed by atoms with Gasteiger partial charge in [0.25, 0.3) is 0 Å². The second-order valence-corrected chi connectivity index (χ2v) is 34.1. The Morgan fingerprint density at radius 2 is 0.928 bits per heavy atom. The molecule has 4 aliphatic carbocycles. The van der Waals surface area contributed by atoms with Crippen LogP contribution >= 0.6 is 22.7 Å². The summed E-state index contributed by atoms with van der Waals surface area (Å²) < 4.78 is 11.6. The van der Waals surface area contributed by atoms with Crippen LogP contribution in [0.15, 0.2) is 101 Å². The molecule has 4 heterocycles. The molecule has 0 fully saturated rings. The van der Waals surface area contributed by atoms with Crippen molar-refractivity contribution in [2.45, 2.75) is 212 Å². The van der Waals surface area contributed by atoms with Crippen molar-refractivity contribution >= 4 is 121 Å². The molecule has 0 saturated heterocycles. The largest absolute Gasteiger partial charge is 0.455 e. The van der Waals surface area contributed by atoms with Crippen LogP contribution in [0.3, 0.4) is 0 Å². The quantitative estimate of drug-likeness (QED) is 0.178. The summed E-state index contributed by atoms with van der Waals surface area (Å²) in [5, 5.41) is 12.0. The predicted octanol–water partition coefficient (Wildman–Crippen LogP) is 21.5. The Morgan fingerprint density at radius 3 is 1.53 bits per heavy atom. The Balaban J connectivity index is 1.08. The number of thiophene rings is 2. The molecule has 83 heavy (non-hydrogen) atoms. The second-order valence-electron chi connectivity index (χ2n) is 32.0. The van der Waals surface area contributed by atoms with Gasteiger partial charge in [-0.25, -0.2) is 0 Å². The van der Waals surface area contributed by atoms with Crippen molar-refractivity contribution < 1.29 is 4.42 Å². The maximum Gasteiger partial charge on any atom is 0.200 e. The lowest BCUT2D eigenvalue weighted by atomic mass is 9.57. The first-order valence-corrected chi connectivity index (χ1v) is 33.1. The van der Waals surface area contributed by atoms with Crippen molar-refractivity contribution in [3.05, 3.63) is 147 Å². The van der Waals surface area contributed by atoms with Crippen molar-refractivity contribution in [2.24, 2.45) is 0 Å². The van der Waals surface area contributed by atoms with Crippen LogP contribution in [-0.4, -0.2) is 7.28 Å². The third-order valence-corrected chi connectivity index (χ3v) is 25.1. The Hall–Kier alpha value is -5.82. The number of fused-ring (bicyclic) bond motifs is 14. The van der Waals surface area contributed by atoms with Crippen molar-refractivity contribution in [1.82, 2.24) is 0 Å². The average Bonchev–Trinajstić information content (AvgIpc) is 3.53.